The number of fused-ring (bicyclic) bond motifs is 3. The molecule has 0 aromatic rings. The normalized spacial score (nSPS) is 44.5. The summed E-state index contributed by atoms with van der Waals surface area (Å²) in [5.41, 5.74) is 8.10. The molecule has 1 saturated carbocycles. The molecular formula is C9H11NO. The smallest absolute Gasteiger partial charge is 0.228 e. The Hall–Kier alpha value is -0.790. The molecule has 11 heavy (non-hydrogen) atoms. The lowest BCUT2D eigenvalue weighted by Gasteiger charge is -2.18. The van der Waals surface area contributed by atoms with Crippen molar-refractivity contribution in [1.82, 2.24) is 0 Å². The van der Waals surface area contributed by atoms with Gasteiger partial charge in [0.2, 0.25) is 5.91 Å². The largest absolute Gasteiger partial charge is 0.369 e. The van der Waals surface area contributed by atoms with Gasteiger partial charge in [0.15, 0.2) is 0 Å². The number of amides is 1. The molecule has 2 heteroatoms. The van der Waals surface area contributed by atoms with Crippen molar-refractivity contribution in [2.75, 3.05) is 0 Å². The molecule has 0 saturated heterocycles. The monoisotopic (exact) mass is 149 g/mol. The summed E-state index contributed by atoms with van der Waals surface area (Å²) >= 11 is 0. The van der Waals surface area contributed by atoms with E-state index in [9.17, 15) is 4.79 Å². The molecule has 1 amide bonds. The molecule has 2 N–H and O–H groups in total. The van der Waals surface area contributed by atoms with Crippen LogP contribution in [-0.2, 0) is 4.79 Å². The minimum atomic E-state index is -0.107. The van der Waals surface area contributed by atoms with Gasteiger partial charge in [-0.25, -0.2) is 0 Å². The Morgan fingerprint density at radius 3 is 2.27 bits per heavy atom. The van der Waals surface area contributed by atoms with E-state index in [-0.39, 0.29) is 11.8 Å². The summed E-state index contributed by atoms with van der Waals surface area (Å²) in [6.07, 6.45) is 3.98. The lowest BCUT2D eigenvalue weighted by Crippen LogP contribution is -2.14. The first kappa shape index (κ1) is 5.81. The van der Waals surface area contributed by atoms with Gasteiger partial charge in [-0.1, -0.05) is 6.42 Å². The van der Waals surface area contributed by atoms with E-state index < -0.39 is 0 Å². The highest BCUT2D eigenvalue weighted by Gasteiger charge is 2.60. The SMILES string of the molecule is NC(=O)C1C2=C1C1CCCC21. The van der Waals surface area contributed by atoms with E-state index in [2.05, 4.69) is 0 Å². The molecule has 2 atom stereocenters. The Labute approximate surface area is 65.5 Å². The average Bonchev–Trinajstić information content (AvgIpc) is 2.46. The fraction of sp³-hybridized carbons (Fsp3) is 0.667. The van der Waals surface area contributed by atoms with Crippen LogP contribution in [0.2, 0.25) is 0 Å². The second kappa shape index (κ2) is 1.52. The second-order valence-electron chi connectivity index (χ2n) is 3.89. The summed E-state index contributed by atoms with van der Waals surface area (Å²) in [4.78, 5) is 10.8. The first-order valence-corrected chi connectivity index (χ1v) is 4.34. The zero-order chi connectivity index (χ0) is 7.59. The molecule has 1 fully saturated rings. The van der Waals surface area contributed by atoms with Gasteiger partial charge in [-0.3, -0.25) is 4.79 Å². The molecule has 3 aliphatic rings. The quantitative estimate of drug-likeness (QED) is 0.551. The summed E-state index contributed by atoms with van der Waals surface area (Å²) in [5, 5.41) is 0. The van der Waals surface area contributed by atoms with Gasteiger partial charge in [-0.2, -0.15) is 0 Å². The second-order valence-corrected chi connectivity index (χ2v) is 3.89. The fourth-order valence-corrected chi connectivity index (χ4v) is 3.03. The third-order valence-corrected chi connectivity index (χ3v) is 3.47. The minimum absolute atomic E-state index is 0.107. The first-order valence-electron chi connectivity index (χ1n) is 4.34. The van der Waals surface area contributed by atoms with Gasteiger partial charge in [-0.05, 0) is 35.8 Å². The predicted molar refractivity (Wildman–Crippen MR) is 40.5 cm³/mol. The summed E-state index contributed by atoms with van der Waals surface area (Å²) in [6.45, 7) is 0. The molecule has 0 aromatic carbocycles. The highest BCUT2D eigenvalue weighted by molar-refractivity contribution is 5.91. The Kier molecular flexibility index (Phi) is 0.803. The van der Waals surface area contributed by atoms with Gasteiger partial charge < -0.3 is 5.73 Å². The Morgan fingerprint density at radius 2 is 1.82 bits per heavy atom. The van der Waals surface area contributed by atoms with Crippen LogP contribution in [0.25, 0.3) is 0 Å². The zero-order valence-corrected chi connectivity index (χ0v) is 6.34. The number of hydrogen-bond acceptors (Lipinski definition) is 1. The summed E-state index contributed by atoms with van der Waals surface area (Å²) in [6, 6.07) is 0. The van der Waals surface area contributed by atoms with Crippen LogP contribution < -0.4 is 5.73 Å². The van der Waals surface area contributed by atoms with Gasteiger partial charge >= 0.3 is 0 Å². The third kappa shape index (κ3) is 0.492. The van der Waals surface area contributed by atoms with E-state index in [1.54, 1.807) is 0 Å². The predicted octanol–water partition coefficient (Wildman–Crippen LogP) is 0.828. The van der Waals surface area contributed by atoms with Crippen molar-refractivity contribution in [3.8, 4) is 0 Å². The molecule has 2 unspecified atom stereocenters. The maximum atomic E-state index is 10.8. The van der Waals surface area contributed by atoms with Crippen LogP contribution in [0, 0.1) is 17.8 Å². The van der Waals surface area contributed by atoms with Gasteiger partial charge in [0.25, 0.3) is 0 Å². The number of carbonyl (C=O) groups is 1. The van der Waals surface area contributed by atoms with Crippen molar-refractivity contribution in [2.24, 2.45) is 23.5 Å². The van der Waals surface area contributed by atoms with Crippen LogP contribution in [0.4, 0.5) is 0 Å². The highest BCUT2D eigenvalue weighted by atomic mass is 16.1. The Morgan fingerprint density at radius 1 is 1.27 bits per heavy atom. The van der Waals surface area contributed by atoms with Crippen molar-refractivity contribution in [2.45, 2.75) is 19.3 Å². The maximum Gasteiger partial charge on any atom is 0.228 e. The Bertz CT molecular complexity index is 259. The molecule has 0 heterocycles. The number of carbonyl (C=O) groups excluding carboxylic acids is 1. The Balaban J connectivity index is 1.84. The van der Waals surface area contributed by atoms with E-state index in [1.165, 1.54) is 30.4 Å². The van der Waals surface area contributed by atoms with E-state index >= 15 is 0 Å². The third-order valence-electron chi connectivity index (χ3n) is 3.47. The fourth-order valence-electron chi connectivity index (χ4n) is 3.03. The number of nitrogens with two attached hydrogens (primary N) is 1. The van der Waals surface area contributed by atoms with Crippen LogP contribution in [-0.4, -0.2) is 5.91 Å². The van der Waals surface area contributed by atoms with Gasteiger partial charge in [0, 0.05) is 0 Å². The lowest BCUT2D eigenvalue weighted by atomic mass is 9.86. The molecular weight excluding hydrogens is 138 g/mol. The molecule has 3 aliphatic carbocycles. The van der Waals surface area contributed by atoms with Gasteiger partial charge in [-0.15, -0.1) is 0 Å². The molecule has 2 nitrogen and oxygen atoms in total. The van der Waals surface area contributed by atoms with Crippen molar-refractivity contribution < 1.29 is 4.79 Å². The highest BCUT2D eigenvalue weighted by Crippen LogP contribution is 2.67. The average molecular weight is 149 g/mol. The molecule has 0 aliphatic heterocycles. The van der Waals surface area contributed by atoms with E-state index in [0.29, 0.717) is 0 Å². The van der Waals surface area contributed by atoms with Crippen LogP contribution in [0.15, 0.2) is 11.1 Å². The molecule has 0 radical (unpaired) electrons. The first-order chi connectivity index (χ1) is 5.30. The van der Waals surface area contributed by atoms with Crippen LogP contribution in [0.1, 0.15) is 19.3 Å². The van der Waals surface area contributed by atoms with Crippen LogP contribution >= 0.6 is 0 Å². The molecule has 3 rings (SSSR count). The molecule has 0 aromatic heterocycles. The summed E-state index contributed by atoms with van der Waals surface area (Å²) < 4.78 is 0. The summed E-state index contributed by atoms with van der Waals surface area (Å²) in [5.74, 6) is 1.58. The maximum absolute atomic E-state index is 10.8. The van der Waals surface area contributed by atoms with E-state index in [0.717, 1.165) is 11.8 Å². The molecule has 0 spiro atoms. The van der Waals surface area contributed by atoms with E-state index in [1.807, 2.05) is 0 Å². The zero-order valence-electron chi connectivity index (χ0n) is 6.34. The standard InChI is InChI=1S/C9H11NO/c10-9(11)8-6-4-2-1-3-5(4)7(6)8/h4-5,8H,1-3H2,(H2,10,11). The summed E-state index contributed by atoms with van der Waals surface area (Å²) in [7, 11) is 0. The van der Waals surface area contributed by atoms with E-state index in [4.69, 9.17) is 5.73 Å². The lowest BCUT2D eigenvalue weighted by molar-refractivity contribution is -0.118. The molecule has 58 valence electrons. The van der Waals surface area contributed by atoms with Gasteiger partial charge in [0.1, 0.15) is 0 Å². The van der Waals surface area contributed by atoms with Crippen LogP contribution in [0.5, 0.6) is 0 Å². The number of rotatable bonds is 1. The van der Waals surface area contributed by atoms with Crippen molar-refractivity contribution in [3.63, 3.8) is 0 Å². The van der Waals surface area contributed by atoms with Crippen LogP contribution in [0.3, 0.4) is 0 Å². The van der Waals surface area contributed by atoms with Crippen molar-refractivity contribution in [3.05, 3.63) is 11.1 Å². The van der Waals surface area contributed by atoms with Crippen molar-refractivity contribution in [1.29, 1.82) is 0 Å². The number of hydrogen-bond donors (Lipinski definition) is 1. The number of primary amides is 1. The van der Waals surface area contributed by atoms with Gasteiger partial charge in [0.05, 0.1) is 5.92 Å². The minimum Gasteiger partial charge on any atom is -0.369 e. The van der Waals surface area contributed by atoms with Crippen molar-refractivity contribution >= 4 is 5.91 Å². The molecule has 0 bridgehead atoms. The topological polar surface area (TPSA) is 43.1 Å².